The number of nitrogens with zero attached hydrogens (tertiary/aromatic N) is 2. The quantitative estimate of drug-likeness (QED) is 0.780. The van der Waals surface area contributed by atoms with E-state index >= 15 is 0 Å². The number of carbonyl (C=O) groups is 1. The van der Waals surface area contributed by atoms with Gasteiger partial charge in [-0.2, -0.15) is 0 Å². The number of pyridine rings is 1. The van der Waals surface area contributed by atoms with Crippen molar-refractivity contribution in [3.05, 3.63) is 17.8 Å². The molecule has 5 heteroatoms. The molecule has 0 unspecified atom stereocenters. The number of aromatic hydroxyl groups is 1. The minimum atomic E-state index is -2.45. The summed E-state index contributed by atoms with van der Waals surface area (Å²) in [4.78, 5) is 17.7. The summed E-state index contributed by atoms with van der Waals surface area (Å²) in [6, 6.07) is 1.20. The number of amides is 1. The van der Waals surface area contributed by atoms with Crippen molar-refractivity contribution < 1.29 is 19.1 Å². The molecule has 3 rings (SSSR count). The van der Waals surface area contributed by atoms with Crippen LogP contribution in [0.15, 0.2) is 12.3 Å². The molecule has 1 aromatic heterocycles. The standard InChI is InChI=1S/C13H16N2O3/c1-13(18)5-9(6-13)15-11(17)3-2-8-4-10(16)7-14-12(8)15/h4,7,9,16,18H,2-3,5-6H2,1H3/i1D3. The van der Waals surface area contributed by atoms with Crippen molar-refractivity contribution >= 4 is 11.7 Å². The molecule has 0 atom stereocenters. The molecule has 0 radical (unpaired) electrons. The van der Waals surface area contributed by atoms with Crippen LogP contribution >= 0.6 is 0 Å². The minimum absolute atomic E-state index is 0.0111. The van der Waals surface area contributed by atoms with Crippen molar-refractivity contribution in [1.82, 2.24) is 4.98 Å². The number of hydrogen-bond donors (Lipinski definition) is 2. The second kappa shape index (κ2) is 3.68. The smallest absolute Gasteiger partial charge is 0.228 e. The number of rotatable bonds is 1. The fourth-order valence-corrected chi connectivity index (χ4v) is 2.65. The Morgan fingerprint density at radius 1 is 1.56 bits per heavy atom. The van der Waals surface area contributed by atoms with Crippen LogP contribution in [0.5, 0.6) is 5.75 Å². The third-order valence-electron chi connectivity index (χ3n) is 3.55. The van der Waals surface area contributed by atoms with E-state index in [4.69, 9.17) is 4.11 Å². The number of anilines is 1. The highest BCUT2D eigenvalue weighted by Gasteiger charge is 2.45. The maximum absolute atomic E-state index is 12.1. The van der Waals surface area contributed by atoms with Crippen LogP contribution in [0, 0.1) is 0 Å². The topological polar surface area (TPSA) is 73.7 Å². The van der Waals surface area contributed by atoms with E-state index in [0.717, 1.165) is 5.56 Å². The van der Waals surface area contributed by atoms with Crippen molar-refractivity contribution in [3.8, 4) is 5.75 Å². The first-order valence-electron chi connectivity index (χ1n) is 7.44. The van der Waals surface area contributed by atoms with Gasteiger partial charge in [-0.1, -0.05) is 0 Å². The lowest BCUT2D eigenvalue weighted by atomic mass is 9.75. The van der Waals surface area contributed by atoms with Gasteiger partial charge in [0.05, 0.1) is 11.8 Å². The summed E-state index contributed by atoms with van der Waals surface area (Å²) < 4.78 is 22.0. The van der Waals surface area contributed by atoms with Crippen LogP contribution in [0.4, 0.5) is 5.82 Å². The lowest BCUT2D eigenvalue weighted by Crippen LogP contribution is -2.57. The van der Waals surface area contributed by atoms with Gasteiger partial charge >= 0.3 is 0 Å². The Balaban J connectivity index is 1.86. The third-order valence-corrected chi connectivity index (χ3v) is 3.55. The number of hydrogen-bond acceptors (Lipinski definition) is 4. The summed E-state index contributed by atoms with van der Waals surface area (Å²) in [5.74, 6) is 0.371. The first-order chi connectivity index (χ1) is 9.71. The summed E-state index contributed by atoms with van der Waals surface area (Å²) in [6.07, 6.45) is 2.08. The normalized spacial score (nSPS) is 34.1. The molecule has 2 N–H and O–H groups in total. The minimum Gasteiger partial charge on any atom is -0.506 e. The molecule has 1 amide bonds. The lowest BCUT2D eigenvalue weighted by Gasteiger charge is -2.47. The van der Waals surface area contributed by atoms with Gasteiger partial charge in [0.25, 0.3) is 0 Å². The van der Waals surface area contributed by atoms with E-state index in [1.807, 2.05) is 0 Å². The Bertz CT molecular complexity index is 597. The predicted octanol–water partition coefficient (Wildman–Crippen LogP) is 0.980. The second-order valence-electron chi connectivity index (χ2n) is 5.03. The summed E-state index contributed by atoms with van der Waals surface area (Å²) in [6.45, 7) is -2.45. The Morgan fingerprint density at radius 2 is 2.33 bits per heavy atom. The van der Waals surface area contributed by atoms with E-state index in [1.54, 1.807) is 6.07 Å². The van der Waals surface area contributed by atoms with Crippen molar-refractivity contribution in [2.75, 3.05) is 4.90 Å². The highest BCUT2D eigenvalue weighted by Crippen LogP contribution is 2.40. The molecule has 1 aliphatic heterocycles. The molecule has 96 valence electrons. The highest BCUT2D eigenvalue weighted by atomic mass is 16.3. The molecule has 2 heterocycles. The number of aryl methyl sites for hydroxylation is 1. The summed E-state index contributed by atoms with van der Waals surface area (Å²) in [7, 11) is 0. The zero-order chi connectivity index (χ0) is 15.4. The highest BCUT2D eigenvalue weighted by molar-refractivity contribution is 5.96. The van der Waals surface area contributed by atoms with Gasteiger partial charge in [0.15, 0.2) is 0 Å². The fraction of sp³-hybridized carbons (Fsp3) is 0.538. The molecule has 0 saturated heterocycles. The Morgan fingerprint density at radius 3 is 3.06 bits per heavy atom. The van der Waals surface area contributed by atoms with Crippen LogP contribution in [0.3, 0.4) is 0 Å². The van der Waals surface area contributed by atoms with Gasteiger partial charge in [-0.25, -0.2) is 4.98 Å². The molecule has 1 saturated carbocycles. The van der Waals surface area contributed by atoms with Crippen LogP contribution in [0.25, 0.3) is 0 Å². The van der Waals surface area contributed by atoms with Crippen LogP contribution < -0.4 is 4.90 Å². The zero-order valence-electron chi connectivity index (χ0n) is 12.8. The lowest BCUT2D eigenvalue weighted by molar-refractivity contribution is -0.121. The molecule has 1 aromatic rings. The van der Waals surface area contributed by atoms with E-state index in [2.05, 4.69) is 4.98 Å². The molecule has 0 aromatic carbocycles. The third kappa shape index (κ3) is 1.75. The maximum atomic E-state index is 12.1. The average molecular weight is 251 g/mol. The van der Waals surface area contributed by atoms with Gasteiger partial charge in [0, 0.05) is 16.6 Å². The molecule has 0 spiro atoms. The molecule has 5 nitrogen and oxygen atoms in total. The average Bonchev–Trinajstić information content (AvgIpc) is 2.34. The molecular formula is C13H16N2O3. The van der Waals surface area contributed by atoms with E-state index in [0.29, 0.717) is 18.7 Å². The van der Waals surface area contributed by atoms with E-state index in [1.165, 1.54) is 11.1 Å². The van der Waals surface area contributed by atoms with Crippen molar-refractivity contribution in [1.29, 1.82) is 0 Å². The Labute approximate surface area is 109 Å². The van der Waals surface area contributed by atoms with Crippen LogP contribution in [-0.4, -0.2) is 32.7 Å². The molecular weight excluding hydrogens is 232 g/mol. The van der Waals surface area contributed by atoms with Crippen molar-refractivity contribution in [2.24, 2.45) is 0 Å². The van der Waals surface area contributed by atoms with Gasteiger partial charge < -0.3 is 10.2 Å². The van der Waals surface area contributed by atoms with Crippen molar-refractivity contribution in [2.45, 2.75) is 44.2 Å². The SMILES string of the molecule is [2H]C([2H])([2H])C1(O)CC(N2C(=O)CCc3cc(O)cnc32)C1. The van der Waals surface area contributed by atoms with Gasteiger partial charge in [0.2, 0.25) is 5.91 Å². The molecule has 1 aliphatic carbocycles. The predicted molar refractivity (Wildman–Crippen MR) is 65.4 cm³/mol. The summed E-state index contributed by atoms with van der Waals surface area (Å²) in [5.41, 5.74) is -0.967. The van der Waals surface area contributed by atoms with Crippen LogP contribution in [0.1, 0.15) is 35.8 Å². The molecule has 18 heavy (non-hydrogen) atoms. The first kappa shape index (κ1) is 8.48. The summed E-state index contributed by atoms with van der Waals surface area (Å²) in [5, 5.41) is 19.5. The molecule has 2 aliphatic rings. The Hall–Kier alpha value is -1.62. The van der Waals surface area contributed by atoms with Crippen LogP contribution in [-0.2, 0) is 11.2 Å². The van der Waals surface area contributed by atoms with Gasteiger partial charge in [0.1, 0.15) is 11.6 Å². The van der Waals surface area contributed by atoms with Crippen LogP contribution in [0.2, 0.25) is 0 Å². The maximum Gasteiger partial charge on any atom is 0.228 e. The van der Waals surface area contributed by atoms with Gasteiger partial charge in [-0.15, -0.1) is 0 Å². The number of aromatic nitrogens is 1. The van der Waals surface area contributed by atoms with E-state index in [9.17, 15) is 15.0 Å². The number of aliphatic hydroxyl groups is 1. The molecule has 0 bridgehead atoms. The van der Waals surface area contributed by atoms with Gasteiger partial charge in [-0.05, 0) is 37.7 Å². The van der Waals surface area contributed by atoms with E-state index < -0.39 is 12.5 Å². The second-order valence-corrected chi connectivity index (χ2v) is 5.03. The zero-order valence-corrected chi connectivity index (χ0v) is 9.76. The number of carbonyl (C=O) groups excluding carboxylic acids is 1. The monoisotopic (exact) mass is 251 g/mol. The summed E-state index contributed by atoms with van der Waals surface area (Å²) >= 11 is 0. The largest absolute Gasteiger partial charge is 0.506 e. The number of fused-ring (bicyclic) bond motifs is 1. The fourth-order valence-electron chi connectivity index (χ4n) is 2.65. The van der Waals surface area contributed by atoms with Crippen molar-refractivity contribution in [3.63, 3.8) is 0 Å². The first-order valence-corrected chi connectivity index (χ1v) is 5.94. The molecule has 1 fully saturated rings. The van der Waals surface area contributed by atoms with E-state index in [-0.39, 0.29) is 30.5 Å². The Kier molecular flexibility index (Phi) is 1.74. The van der Waals surface area contributed by atoms with Gasteiger partial charge in [-0.3, -0.25) is 9.69 Å².